The van der Waals surface area contributed by atoms with Gasteiger partial charge in [0.1, 0.15) is 19.4 Å². The van der Waals surface area contributed by atoms with Crippen LogP contribution in [-0.2, 0) is 9.47 Å². The number of carbonyl (C=O) groups is 2. The molecule has 0 unspecified atom stereocenters. The summed E-state index contributed by atoms with van der Waals surface area (Å²) in [6.45, 7) is 0.719. The second-order valence-corrected chi connectivity index (χ2v) is 5.23. The van der Waals surface area contributed by atoms with E-state index in [-0.39, 0.29) is 6.61 Å². The van der Waals surface area contributed by atoms with Crippen LogP contribution in [0, 0.1) is 6.92 Å². The number of thiol groups is 2. The molecule has 0 bridgehead atoms. The van der Waals surface area contributed by atoms with E-state index in [1.165, 1.54) is 0 Å². The van der Waals surface area contributed by atoms with Gasteiger partial charge in [-0.2, -0.15) is 25.3 Å². The third kappa shape index (κ3) is 7.00. The Morgan fingerprint density at radius 2 is 1.91 bits per heavy atom. The first-order chi connectivity index (χ1) is 11.0. The SMILES string of the molecule is Cc1ccc(NC(=O)OCCF)cc1NC(=O)OC(CS)CS. The molecule has 0 aliphatic carbocycles. The highest BCUT2D eigenvalue weighted by atomic mass is 32.1. The normalized spacial score (nSPS) is 10.3. The predicted octanol–water partition coefficient (Wildman–Crippen LogP) is 3.29. The average Bonchev–Trinajstić information content (AvgIpc) is 2.53. The van der Waals surface area contributed by atoms with Gasteiger partial charge in [-0.3, -0.25) is 10.6 Å². The van der Waals surface area contributed by atoms with Gasteiger partial charge in [0.2, 0.25) is 0 Å². The van der Waals surface area contributed by atoms with E-state index < -0.39 is 25.0 Å². The molecule has 0 saturated carbocycles. The van der Waals surface area contributed by atoms with Gasteiger partial charge in [0.05, 0.1) is 0 Å². The summed E-state index contributed by atoms with van der Waals surface area (Å²) in [6.07, 6.45) is -1.82. The maximum Gasteiger partial charge on any atom is 0.411 e. The molecule has 0 aliphatic rings. The molecule has 0 spiro atoms. The maximum atomic E-state index is 11.9. The van der Waals surface area contributed by atoms with Gasteiger partial charge < -0.3 is 9.47 Å². The van der Waals surface area contributed by atoms with E-state index >= 15 is 0 Å². The Morgan fingerprint density at radius 1 is 1.22 bits per heavy atom. The van der Waals surface area contributed by atoms with Crippen molar-refractivity contribution in [2.24, 2.45) is 0 Å². The highest BCUT2D eigenvalue weighted by Gasteiger charge is 2.13. The standard InChI is InChI=1S/C14H19FN2O4S2/c1-9-2-3-10(16-13(18)20-5-4-15)6-12(9)17-14(19)21-11(7-22)8-23/h2-3,6,11,22-23H,4-5,7-8H2,1H3,(H,16,18)(H,17,19). The van der Waals surface area contributed by atoms with Crippen molar-refractivity contribution in [3.8, 4) is 0 Å². The molecular formula is C14H19FN2O4S2. The molecule has 2 N–H and O–H groups in total. The van der Waals surface area contributed by atoms with Crippen LogP contribution in [0.5, 0.6) is 0 Å². The fourth-order valence-corrected chi connectivity index (χ4v) is 2.15. The number of anilines is 2. The van der Waals surface area contributed by atoms with Gasteiger partial charge in [0.25, 0.3) is 0 Å². The van der Waals surface area contributed by atoms with Crippen LogP contribution in [0.1, 0.15) is 5.56 Å². The van der Waals surface area contributed by atoms with Gasteiger partial charge in [0.15, 0.2) is 0 Å². The lowest BCUT2D eigenvalue weighted by Crippen LogP contribution is -2.25. The predicted molar refractivity (Wildman–Crippen MR) is 93.7 cm³/mol. The van der Waals surface area contributed by atoms with E-state index in [4.69, 9.17) is 4.74 Å². The second kappa shape index (κ2) is 10.2. The smallest absolute Gasteiger partial charge is 0.411 e. The minimum atomic E-state index is -0.773. The molecule has 1 aromatic carbocycles. The highest BCUT2D eigenvalue weighted by Crippen LogP contribution is 2.21. The fourth-order valence-electron chi connectivity index (χ4n) is 1.54. The number of alkyl halides is 1. The van der Waals surface area contributed by atoms with Crippen LogP contribution in [0.15, 0.2) is 18.2 Å². The maximum absolute atomic E-state index is 11.9. The van der Waals surface area contributed by atoms with Crippen LogP contribution in [0.3, 0.4) is 0 Å². The Balaban J connectivity index is 2.69. The lowest BCUT2D eigenvalue weighted by Gasteiger charge is -2.15. The van der Waals surface area contributed by atoms with Gasteiger partial charge in [0, 0.05) is 22.9 Å². The van der Waals surface area contributed by atoms with Crippen LogP contribution in [-0.4, -0.2) is 43.1 Å². The summed E-state index contributed by atoms with van der Waals surface area (Å²) >= 11 is 8.11. The van der Waals surface area contributed by atoms with Crippen LogP contribution in [0.2, 0.25) is 0 Å². The van der Waals surface area contributed by atoms with Crippen LogP contribution >= 0.6 is 25.3 Å². The van der Waals surface area contributed by atoms with Crippen LogP contribution in [0.4, 0.5) is 25.4 Å². The van der Waals surface area contributed by atoms with Crippen molar-refractivity contribution in [2.75, 3.05) is 35.4 Å². The Morgan fingerprint density at radius 3 is 2.52 bits per heavy atom. The van der Waals surface area contributed by atoms with E-state index in [1.54, 1.807) is 25.1 Å². The van der Waals surface area contributed by atoms with E-state index in [0.29, 0.717) is 22.9 Å². The molecule has 0 radical (unpaired) electrons. The summed E-state index contributed by atoms with van der Waals surface area (Å²) in [4.78, 5) is 23.2. The molecule has 0 aliphatic heterocycles. The molecule has 23 heavy (non-hydrogen) atoms. The molecular weight excluding hydrogens is 343 g/mol. The number of ether oxygens (including phenoxy) is 2. The van der Waals surface area contributed by atoms with Crippen LogP contribution < -0.4 is 10.6 Å². The van der Waals surface area contributed by atoms with Gasteiger partial charge in [-0.1, -0.05) is 6.07 Å². The molecule has 1 rings (SSSR count). The number of benzene rings is 1. The first-order valence-electron chi connectivity index (χ1n) is 6.80. The summed E-state index contributed by atoms with van der Waals surface area (Å²) in [5, 5.41) is 5.02. The highest BCUT2D eigenvalue weighted by molar-refractivity contribution is 7.81. The number of carbonyl (C=O) groups excluding carboxylic acids is 2. The van der Waals surface area contributed by atoms with Crippen molar-refractivity contribution >= 4 is 48.8 Å². The van der Waals surface area contributed by atoms with Crippen molar-refractivity contribution in [2.45, 2.75) is 13.0 Å². The number of nitrogens with one attached hydrogen (secondary N) is 2. The number of hydrogen-bond donors (Lipinski definition) is 4. The number of amides is 2. The Labute approximate surface area is 144 Å². The number of hydrogen-bond acceptors (Lipinski definition) is 6. The second-order valence-electron chi connectivity index (χ2n) is 4.50. The Bertz CT molecular complexity index is 542. The van der Waals surface area contributed by atoms with Crippen molar-refractivity contribution in [3.63, 3.8) is 0 Å². The number of halogens is 1. The zero-order valence-corrected chi connectivity index (χ0v) is 14.3. The van der Waals surface area contributed by atoms with Gasteiger partial charge in [-0.05, 0) is 24.6 Å². The van der Waals surface area contributed by atoms with Crippen molar-refractivity contribution in [1.82, 2.24) is 0 Å². The average molecular weight is 362 g/mol. The molecule has 0 fully saturated rings. The molecule has 0 saturated heterocycles. The molecule has 0 heterocycles. The van der Waals surface area contributed by atoms with Crippen molar-refractivity contribution in [3.05, 3.63) is 23.8 Å². The van der Waals surface area contributed by atoms with Gasteiger partial charge in [-0.25, -0.2) is 14.0 Å². The quantitative estimate of drug-likeness (QED) is 0.562. The monoisotopic (exact) mass is 362 g/mol. The minimum absolute atomic E-state index is 0.316. The fraction of sp³-hybridized carbons (Fsp3) is 0.429. The van der Waals surface area contributed by atoms with E-state index in [0.717, 1.165) is 5.56 Å². The third-order valence-electron chi connectivity index (χ3n) is 2.71. The first-order valence-corrected chi connectivity index (χ1v) is 8.06. The topological polar surface area (TPSA) is 76.7 Å². The molecule has 128 valence electrons. The van der Waals surface area contributed by atoms with E-state index in [1.807, 2.05) is 0 Å². The lowest BCUT2D eigenvalue weighted by molar-refractivity contribution is 0.134. The first kappa shape index (κ1) is 19.4. The number of aryl methyl sites for hydroxylation is 1. The van der Waals surface area contributed by atoms with Crippen molar-refractivity contribution in [1.29, 1.82) is 0 Å². The summed E-state index contributed by atoms with van der Waals surface area (Å²) in [7, 11) is 0. The zero-order valence-electron chi connectivity index (χ0n) is 12.5. The van der Waals surface area contributed by atoms with Crippen LogP contribution in [0.25, 0.3) is 0 Å². The van der Waals surface area contributed by atoms with Gasteiger partial charge >= 0.3 is 12.2 Å². The molecule has 6 nitrogen and oxygen atoms in total. The summed E-state index contributed by atoms with van der Waals surface area (Å²) in [6, 6.07) is 4.88. The van der Waals surface area contributed by atoms with Crippen molar-refractivity contribution < 1.29 is 23.5 Å². The largest absolute Gasteiger partial charge is 0.447 e. The van der Waals surface area contributed by atoms with E-state index in [9.17, 15) is 14.0 Å². The number of rotatable bonds is 7. The Kier molecular flexibility index (Phi) is 8.64. The lowest BCUT2D eigenvalue weighted by atomic mass is 10.2. The molecule has 1 aromatic rings. The summed E-state index contributed by atoms with van der Waals surface area (Å²) < 4.78 is 21.6. The molecule has 0 aromatic heterocycles. The third-order valence-corrected chi connectivity index (χ3v) is 3.53. The minimum Gasteiger partial charge on any atom is -0.447 e. The molecule has 2 amide bonds. The molecule has 0 atom stereocenters. The summed E-state index contributed by atoms with van der Waals surface area (Å²) in [5.41, 5.74) is 1.64. The van der Waals surface area contributed by atoms with Gasteiger partial charge in [-0.15, -0.1) is 0 Å². The summed E-state index contributed by atoms with van der Waals surface area (Å²) in [5.74, 6) is 0.718. The zero-order chi connectivity index (χ0) is 17.2. The Hall–Kier alpha value is -1.61. The van der Waals surface area contributed by atoms with E-state index in [2.05, 4.69) is 40.6 Å². The molecule has 9 heteroatoms.